The van der Waals surface area contributed by atoms with Crippen molar-refractivity contribution in [2.75, 3.05) is 36.9 Å². The molecule has 4 aromatic rings. The number of H-pyrrole nitrogens is 1. The molecule has 3 aromatic heterocycles. The number of benzene rings is 1. The van der Waals surface area contributed by atoms with E-state index in [1.54, 1.807) is 0 Å². The van der Waals surface area contributed by atoms with E-state index in [2.05, 4.69) is 93.1 Å². The summed E-state index contributed by atoms with van der Waals surface area (Å²) in [6, 6.07) is 12.8. The van der Waals surface area contributed by atoms with Gasteiger partial charge < -0.3 is 10.2 Å². The van der Waals surface area contributed by atoms with Crippen molar-refractivity contribution in [3.8, 4) is 11.1 Å². The van der Waals surface area contributed by atoms with Crippen LogP contribution in [0.5, 0.6) is 0 Å². The second-order valence-corrected chi connectivity index (χ2v) is 10.5. The van der Waals surface area contributed by atoms with Crippen LogP contribution in [0.2, 0.25) is 0 Å². The van der Waals surface area contributed by atoms with Gasteiger partial charge in [0.25, 0.3) is 0 Å². The van der Waals surface area contributed by atoms with Gasteiger partial charge in [0, 0.05) is 55.1 Å². The van der Waals surface area contributed by atoms with Crippen molar-refractivity contribution in [3.05, 3.63) is 78.5 Å². The molecular formula is C33H45N7. The molecule has 7 nitrogen and oxygen atoms in total. The van der Waals surface area contributed by atoms with E-state index in [9.17, 15) is 0 Å². The standard InChI is InChI=1S/C31H39N7.C2H6/c1-5-13-37(4)30-12-10-27(20-33-30)34-23(3)22(2)31-28-17-25(9-11-29(28)35-36-31)26-16-24(18-32-19-26)21-38-14-7-6-8-15-38;1-2/h9-12,16-20,22,34H,3,5-8,13-15,21H2,1-2,4H3,(H,35,36);1-2H3. The summed E-state index contributed by atoms with van der Waals surface area (Å²) in [7, 11) is 2.07. The van der Waals surface area contributed by atoms with Crippen molar-refractivity contribution in [2.24, 2.45) is 0 Å². The molecule has 0 aliphatic carbocycles. The minimum Gasteiger partial charge on any atom is -0.360 e. The van der Waals surface area contributed by atoms with E-state index in [0.717, 1.165) is 64.4 Å². The lowest BCUT2D eigenvalue weighted by Gasteiger charge is -2.26. The average molecular weight is 540 g/mol. The number of piperidine rings is 1. The second kappa shape index (κ2) is 14.1. The highest BCUT2D eigenvalue weighted by molar-refractivity contribution is 5.87. The summed E-state index contributed by atoms with van der Waals surface area (Å²) in [5.74, 6) is 0.999. The number of anilines is 2. The Balaban J connectivity index is 0.00000181. The van der Waals surface area contributed by atoms with Crippen molar-refractivity contribution >= 4 is 22.4 Å². The molecule has 0 radical (unpaired) electrons. The molecule has 5 rings (SSSR count). The number of allylic oxidation sites excluding steroid dienone is 1. The van der Waals surface area contributed by atoms with Crippen LogP contribution in [0.3, 0.4) is 0 Å². The maximum absolute atomic E-state index is 4.60. The number of pyridine rings is 2. The topological polar surface area (TPSA) is 73.0 Å². The van der Waals surface area contributed by atoms with Crippen LogP contribution in [0.1, 0.15) is 70.6 Å². The molecule has 1 atom stereocenters. The molecule has 2 N–H and O–H groups in total. The Morgan fingerprint density at radius 1 is 1.05 bits per heavy atom. The van der Waals surface area contributed by atoms with Gasteiger partial charge in [0.1, 0.15) is 5.82 Å². The van der Waals surface area contributed by atoms with Gasteiger partial charge in [0.2, 0.25) is 0 Å². The summed E-state index contributed by atoms with van der Waals surface area (Å²) in [6.07, 6.45) is 10.9. The van der Waals surface area contributed by atoms with E-state index < -0.39 is 0 Å². The number of hydrogen-bond acceptors (Lipinski definition) is 6. The summed E-state index contributed by atoms with van der Waals surface area (Å²) in [5, 5.41) is 12.4. The fraction of sp³-hybridized carbons (Fsp3) is 0.424. The Kier molecular flexibility index (Phi) is 10.3. The molecule has 1 aromatic carbocycles. The molecule has 40 heavy (non-hydrogen) atoms. The Morgan fingerprint density at radius 2 is 1.85 bits per heavy atom. The minimum atomic E-state index is 0.0289. The van der Waals surface area contributed by atoms with Crippen molar-refractivity contribution in [1.29, 1.82) is 0 Å². The third kappa shape index (κ3) is 7.07. The van der Waals surface area contributed by atoms with E-state index in [1.807, 2.05) is 38.5 Å². The highest BCUT2D eigenvalue weighted by atomic mass is 15.2. The number of fused-ring (bicyclic) bond motifs is 1. The summed E-state index contributed by atoms with van der Waals surface area (Å²) in [5.41, 5.74) is 7.37. The summed E-state index contributed by atoms with van der Waals surface area (Å²) >= 11 is 0. The number of rotatable bonds is 10. The first-order valence-electron chi connectivity index (χ1n) is 14.8. The van der Waals surface area contributed by atoms with Crippen LogP contribution in [0.25, 0.3) is 22.0 Å². The lowest BCUT2D eigenvalue weighted by molar-refractivity contribution is 0.220. The van der Waals surface area contributed by atoms with Gasteiger partial charge in [-0.3, -0.25) is 15.0 Å². The number of nitrogens with one attached hydrogen (secondary N) is 2. The molecule has 1 fully saturated rings. The van der Waals surface area contributed by atoms with Crippen molar-refractivity contribution in [2.45, 2.75) is 65.8 Å². The maximum atomic E-state index is 4.60. The van der Waals surface area contributed by atoms with Crippen molar-refractivity contribution in [3.63, 3.8) is 0 Å². The van der Waals surface area contributed by atoms with Crippen LogP contribution >= 0.6 is 0 Å². The smallest absolute Gasteiger partial charge is 0.128 e. The Hall–Kier alpha value is -3.71. The Morgan fingerprint density at radius 3 is 2.58 bits per heavy atom. The summed E-state index contributed by atoms with van der Waals surface area (Å²) < 4.78 is 0. The zero-order chi connectivity index (χ0) is 28.5. The van der Waals surface area contributed by atoms with Gasteiger partial charge in [-0.2, -0.15) is 5.10 Å². The molecule has 212 valence electrons. The molecule has 4 heterocycles. The molecule has 1 unspecified atom stereocenters. The quantitative estimate of drug-likeness (QED) is 0.216. The zero-order valence-electron chi connectivity index (χ0n) is 24.9. The number of likely N-dealkylation sites (tertiary alicyclic amines) is 1. The fourth-order valence-corrected chi connectivity index (χ4v) is 5.25. The molecule has 0 saturated carbocycles. The molecule has 0 amide bonds. The third-order valence-electron chi connectivity index (χ3n) is 7.53. The van der Waals surface area contributed by atoms with Crippen LogP contribution in [0.4, 0.5) is 11.5 Å². The zero-order valence-corrected chi connectivity index (χ0v) is 24.9. The van der Waals surface area contributed by atoms with Gasteiger partial charge in [0.05, 0.1) is 23.1 Å². The van der Waals surface area contributed by atoms with Gasteiger partial charge in [0.15, 0.2) is 0 Å². The molecule has 1 aliphatic heterocycles. The fourth-order valence-electron chi connectivity index (χ4n) is 5.25. The van der Waals surface area contributed by atoms with E-state index >= 15 is 0 Å². The summed E-state index contributed by atoms with van der Waals surface area (Å²) in [4.78, 5) is 13.9. The normalized spacial score (nSPS) is 14.3. The molecular weight excluding hydrogens is 494 g/mol. The predicted molar refractivity (Wildman–Crippen MR) is 169 cm³/mol. The molecule has 0 spiro atoms. The van der Waals surface area contributed by atoms with Gasteiger partial charge in [-0.05, 0) is 73.8 Å². The monoisotopic (exact) mass is 539 g/mol. The highest BCUT2D eigenvalue weighted by Gasteiger charge is 2.17. The van der Waals surface area contributed by atoms with Gasteiger partial charge in [-0.25, -0.2) is 4.98 Å². The molecule has 0 bridgehead atoms. The number of hydrogen-bond donors (Lipinski definition) is 2. The van der Waals surface area contributed by atoms with Crippen molar-refractivity contribution in [1.82, 2.24) is 25.1 Å². The van der Waals surface area contributed by atoms with E-state index in [-0.39, 0.29) is 5.92 Å². The van der Waals surface area contributed by atoms with Crippen LogP contribution < -0.4 is 10.2 Å². The van der Waals surface area contributed by atoms with Crippen LogP contribution in [0, 0.1) is 0 Å². The van der Waals surface area contributed by atoms with Crippen LogP contribution in [0.15, 0.2) is 67.3 Å². The molecule has 1 saturated heterocycles. The van der Waals surface area contributed by atoms with Gasteiger partial charge in [-0.1, -0.05) is 46.8 Å². The average Bonchev–Trinajstić information content (AvgIpc) is 3.42. The first-order valence-corrected chi connectivity index (χ1v) is 14.8. The molecule has 7 heteroatoms. The van der Waals surface area contributed by atoms with Crippen LogP contribution in [-0.4, -0.2) is 51.7 Å². The molecule has 1 aliphatic rings. The number of aromatic nitrogens is 4. The predicted octanol–water partition coefficient (Wildman–Crippen LogP) is 7.61. The third-order valence-corrected chi connectivity index (χ3v) is 7.53. The number of aromatic amines is 1. The van der Waals surface area contributed by atoms with Gasteiger partial charge >= 0.3 is 0 Å². The second-order valence-electron chi connectivity index (χ2n) is 10.5. The lowest BCUT2D eigenvalue weighted by Crippen LogP contribution is -2.29. The number of nitrogens with zero attached hydrogens (tertiary/aromatic N) is 5. The Labute approximate surface area is 239 Å². The first kappa shape index (κ1) is 29.3. The lowest BCUT2D eigenvalue weighted by atomic mass is 9.97. The maximum Gasteiger partial charge on any atom is 0.128 e. The largest absolute Gasteiger partial charge is 0.360 e. The SMILES string of the molecule is C=C(Nc1ccc(N(C)CCC)nc1)C(C)c1[nH]nc2ccc(-c3cncc(CN4CCCCC4)c3)cc12.CC. The van der Waals surface area contributed by atoms with Crippen LogP contribution in [-0.2, 0) is 6.54 Å². The minimum absolute atomic E-state index is 0.0289. The highest BCUT2D eigenvalue weighted by Crippen LogP contribution is 2.32. The van der Waals surface area contributed by atoms with Crippen molar-refractivity contribution < 1.29 is 0 Å². The van der Waals surface area contributed by atoms with E-state index in [4.69, 9.17) is 0 Å². The Bertz CT molecular complexity index is 1370. The van der Waals surface area contributed by atoms with E-state index in [0.29, 0.717) is 0 Å². The van der Waals surface area contributed by atoms with Gasteiger partial charge in [-0.15, -0.1) is 0 Å². The summed E-state index contributed by atoms with van der Waals surface area (Å²) in [6.45, 7) is 17.0. The van der Waals surface area contributed by atoms with E-state index in [1.165, 1.54) is 37.9 Å². The first-order chi connectivity index (χ1) is 19.5.